The van der Waals surface area contributed by atoms with E-state index < -0.39 is 72.3 Å². The zero-order valence-electron chi connectivity index (χ0n) is 18.9. The number of amides is 3. The molecule has 1 heterocycles. The summed E-state index contributed by atoms with van der Waals surface area (Å²) >= 11 is 24.4. The number of nitrogens with zero attached hydrogens (tertiary/aromatic N) is 4. The number of imide groups is 1. The van der Waals surface area contributed by atoms with Gasteiger partial charge in [0.15, 0.2) is 5.78 Å². The second kappa shape index (κ2) is 10.6. The van der Waals surface area contributed by atoms with E-state index in [1.807, 2.05) is 0 Å². The monoisotopic (exact) mass is 610 g/mol. The van der Waals surface area contributed by atoms with Crippen LogP contribution in [0.25, 0.3) is 0 Å². The van der Waals surface area contributed by atoms with Crippen molar-refractivity contribution in [2.75, 3.05) is 6.54 Å². The average molecular weight is 612 g/mol. The van der Waals surface area contributed by atoms with Gasteiger partial charge < -0.3 is 0 Å². The Morgan fingerprint density at radius 1 is 0.769 bits per heavy atom. The first-order valence-corrected chi connectivity index (χ1v) is 12.0. The molecule has 0 N–H and O–H groups in total. The quantitative estimate of drug-likeness (QED) is 0.0826. The third-order valence-electron chi connectivity index (χ3n) is 5.58. The van der Waals surface area contributed by atoms with Crippen LogP contribution in [0.15, 0.2) is 48.5 Å². The number of Topliss-reactive ketones (excluding diaryl/α,β-unsaturated/α-hetero) is 1. The molecule has 0 radical (unpaired) electrons. The molecule has 0 fully saturated rings. The highest BCUT2D eigenvalue weighted by Gasteiger charge is 2.47. The number of carbonyl (C=O) groups excluding carboxylic acids is 4. The minimum Gasteiger partial charge on any atom is -0.292 e. The predicted octanol–water partition coefficient (Wildman–Crippen LogP) is 5.65. The fourth-order valence-corrected chi connectivity index (χ4v) is 4.75. The molecule has 0 bridgehead atoms. The number of fused-ring (bicyclic) bond motifs is 1. The number of carbonyl (C=O) groups is 4. The minimum atomic E-state index is -1.27. The van der Waals surface area contributed by atoms with Crippen molar-refractivity contribution in [2.45, 2.75) is 0 Å². The molecule has 0 unspecified atom stereocenters. The average Bonchev–Trinajstić information content (AvgIpc) is 3.18. The van der Waals surface area contributed by atoms with Gasteiger partial charge in [-0.1, -0.05) is 58.5 Å². The maximum absolute atomic E-state index is 13.6. The normalized spacial score (nSPS) is 12.4. The maximum atomic E-state index is 13.6. The van der Waals surface area contributed by atoms with Crippen LogP contribution in [-0.2, 0) is 0 Å². The van der Waals surface area contributed by atoms with Crippen molar-refractivity contribution in [3.05, 3.63) is 111 Å². The molecular weight excluding hydrogens is 602 g/mol. The lowest BCUT2D eigenvalue weighted by atomic mass is 10.1. The van der Waals surface area contributed by atoms with Gasteiger partial charge in [0.1, 0.15) is 12.1 Å². The molecule has 0 saturated carbocycles. The first-order valence-electron chi connectivity index (χ1n) is 10.4. The molecule has 0 atom stereocenters. The Balaban J connectivity index is 1.84. The molecule has 3 aromatic rings. The SMILES string of the molecule is O=C(CN(C(=O)c1ccccc1[N+](=O)[O-])N1C(=O)c2c(Cl)c(Cl)c(Cl)c(Cl)c2C1=O)c1ccc([N+](=O)[O-])cc1. The van der Waals surface area contributed by atoms with Crippen molar-refractivity contribution in [3.8, 4) is 0 Å². The Labute approximate surface area is 237 Å². The van der Waals surface area contributed by atoms with Gasteiger partial charge in [0.05, 0.1) is 41.1 Å². The highest BCUT2D eigenvalue weighted by atomic mass is 35.5. The number of hydrogen-bond acceptors (Lipinski definition) is 8. The molecule has 0 aliphatic carbocycles. The van der Waals surface area contributed by atoms with Crippen LogP contribution in [-0.4, -0.2) is 49.9 Å². The van der Waals surface area contributed by atoms with Crippen LogP contribution >= 0.6 is 46.4 Å². The molecule has 3 amide bonds. The van der Waals surface area contributed by atoms with E-state index in [-0.39, 0.29) is 26.3 Å². The number of para-hydroxylation sites is 1. The van der Waals surface area contributed by atoms with Crippen LogP contribution in [0.1, 0.15) is 41.4 Å². The van der Waals surface area contributed by atoms with Gasteiger partial charge in [0, 0.05) is 23.8 Å². The summed E-state index contributed by atoms with van der Waals surface area (Å²) in [6.45, 7) is -0.995. The predicted molar refractivity (Wildman–Crippen MR) is 139 cm³/mol. The first kappa shape index (κ1) is 27.9. The molecule has 16 heteroatoms. The number of hydrazine groups is 1. The van der Waals surface area contributed by atoms with E-state index in [9.17, 15) is 39.4 Å². The van der Waals surface area contributed by atoms with Gasteiger partial charge in [0.2, 0.25) is 0 Å². The number of nitro groups is 2. The summed E-state index contributed by atoms with van der Waals surface area (Å²) in [5, 5.41) is 21.6. The van der Waals surface area contributed by atoms with Crippen molar-refractivity contribution < 1.29 is 29.0 Å². The van der Waals surface area contributed by atoms with Gasteiger partial charge in [-0.15, -0.1) is 0 Å². The third kappa shape index (κ3) is 4.79. The molecule has 1 aliphatic rings. The molecule has 0 aromatic heterocycles. The summed E-state index contributed by atoms with van der Waals surface area (Å²) in [7, 11) is 0. The van der Waals surface area contributed by atoms with E-state index in [0.717, 1.165) is 36.4 Å². The van der Waals surface area contributed by atoms with Crippen LogP contribution in [0.5, 0.6) is 0 Å². The highest BCUT2D eigenvalue weighted by Crippen LogP contribution is 2.45. The summed E-state index contributed by atoms with van der Waals surface area (Å²) in [4.78, 5) is 74.6. The van der Waals surface area contributed by atoms with Gasteiger partial charge in [-0.3, -0.25) is 39.4 Å². The maximum Gasteiger partial charge on any atom is 0.282 e. The van der Waals surface area contributed by atoms with E-state index in [1.165, 1.54) is 12.1 Å². The van der Waals surface area contributed by atoms with Crippen molar-refractivity contribution in [3.63, 3.8) is 0 Å². The van der Waals surface area contributed by atoms with Crippen LogP contribution in [0, 0.1) is 20.2 Å². The number of nitro benzene ring substituents is 2. The number of hydrogen-bond donors (Lipinski definition) is 0. The van der Waals surface area contributed by atoms with Gasteiger partial charge in [-0.05, 0) is 18.2 Å². The van der Waals surface area contributed by atoms with Gasteiger partial charge >= 0.3 is 0 Å². The summed E-state index contributed by atoms with van der Waals surface area (Å²) in [6, 6.07) is 8.93. The molecule has 3 aromatic carbocycles. The topological polar surface area (TPSA) is 161 Å². The Morgan fingerprint density at radius 2 is 1.28 bits per heavy atom. The number of halogens is 4. The standard InChI is InChI=1S/C23H10Cl4N4O8/c24-17-15-16(18(25)20(27)19(17)26)23(35)29(22(15)34)28(21(33)12-3-1-2-4-13(12)31(38)39)9-14(32)10-5-7-11(8-6-10)30(36)37/h1-8H,9H2. The molecule has 1 aliphatic heterocycles. The second-order valence-corrected chi connectivity index (χ2v) is 9.30. The lowest BCUT2D eigenvalue weighted by Gasteiger charge is -2.29. The zero-order chi connectivity index (χ0) is 28.8. The zero-order valence-corrected chi connectivity index (χ0v) is 21.9. The van der Waals surface area contributed by atoms with Crippen LogP contribution < -0.4 is 0 Å². The summed E-state index contributed by atoms with van der Waals surface area (Å²) < 4.78 is 0. The third-order valence-corrected chi connectivity index (χ3v) is 7.38. The highest BCUT2D eigenvalue weighted by molar-refractivity contribution is 6.55. The lowest BCUT2D eigenvalue weighted by Crippen LogP contribution is -2.51. The summed E-state index contributed by atoms with van der Waals surface area (Å²) in [5.41, 5.74) is -2.66. The smallest absolute Gasteiger partial charge is 0.282 e. The van der Waals surface area contributed by atoms with Gasteiger partial charge in [-0.2, -0.15) is 5.01 Å². The van der Waals surface area contributed by atoms with E-state index in [4.69, 9.17) is 46.4 Å². The molecule has 4 rings (SSSR count). The molecular formula is C23H10Cl4N4O8. The minimum absolute atomic E-state index is 0.125. The van der Waals surface area contributed by atoms with E-state index in [0.29, 0.717) is 5.01 Å². The van der Waals surface area contributed by atoms with Gasteiger partial charge in [0.25, 0.3) is 29.1 Å². The van der Waals surface area contributed by atoms with Crippen molar-refractivity contribution in [1.29, 1.82) is 0 Å². The lowest BCUT2D eigenvalue weighted by molar-refractivity contribution is -0.385. The fourth-order valence-electron chi connectivity index (χ4n) is 3.74. The molecule has 198 valence electrons. The van der Waals surface area contributed by atoms with Crippen molar-refractivity contribution in [1.82, 2.24) is 10.0 Å². The Bertz CT molecular complexity index is 1580. The van der Waals surface area contributed by atoms with Crippen LogP contribution in [0.4, 0.5) is 11.4 Å². The van der Waals surface area contributed by atoms with Crippen molar-refractivity contribution in [2.24, 2.45) is 0 Å². The Morgan fingerprint density at radius 3 is 1.77 bits per heavy atom. The molecule has 0 spiro atoms. The molecule has 0 saturated heterocycles. The van der Waals surface area contributed by atoms with Crippen LogP contribution in [0.3, 0.4) is 0 Å². The van der Waals surface area contributed by atoms with Crippen molar-refractivity contribution >= 4 is 81.3 Å². The van der Waals surface area contributed by atoms with Crippen LogP contribution in [0.2, 0.25) is 20.1 Å². The Hall–Kier alpha value is -4.10. The number of rotatable bonds is 7. The van der Waals surface area contributed by atoms with E-state index in [1.54, 1.807) is 0 Å². The van der Waals surface area contributed by atoms with Gasteiger partial charge in [-0.25, -0.2) is 5.01 Å². The fraction of sp³-hybridized carbons (Fsp3) is 0.0435. The van der Waals surface area contributed by atoms with E-state index >= 15 is 0 Å². The molecule has 12 nitrogen and oxygen atoms in total. The summed E-state index contributed by atoms with van der Waals surface area (Å²) in [5.74, 6) is -4.55. The second-order valence-electron chi connectivity index (χ2n) is 7.79. The largest absolute Gasteiger partial charge is 0.292 e. The first-order chi connectivity index (χ1) is 18.4. The number of ketones is 1. The number of non-ortho nitro benzene ring substituents is 1. The number of benzene rings is 3. The van der Waals surface area contributed by atoms with E-state index in [2.05, 4.69) is 0 Å². The summed E-state index contributed by atoms with van der Waals surface area (Å²) in [6.07, 6.45) is 0. The molecule has 39 heavy (non-hydrogen) atoms. The Kier molecular flexibility index (Phi) is 7.57.